The van der Waals surface area contributed by atoms with Crippen molar-refractivity contribution in [3.8, 4) is 0 Å². The molecule has 0 aliphatic carbocycles. The van der Waals surface area contributed by atoms with Crippen molar-refractivity contribution in [2.24, 2.45) is 4.99 Å². The highest BCUT2D eigenvalue weighted by Gasteiger charge is 2.08. The second-order valence-electron chi connectivity index (χ2n) is 6.58. The van der Waals surface area contributed by atoms with Crippen LogP contribution in [-0.4, -0.2) is 32.1 Å². The number of nitrogens with one attached hydrogen (secondary N) is 2. The molecule has 1 unspecified atom stereocenters. The fraction of sp³-hybridized carbons (Fsp3) is 0.381. The number of hydrogen-bond acceptors (Lipinski definition) is 3. The third-order valence-corrected chi connectivity index (χ3v) is 5.27. The molecule has 2 heterocycles. The third-order valence-electron chi connectivity index (χ3n) is 4.57. The van der Waals surface area contributed by atoms with Crippen LogP contribution in [0, 0.1) is 0 Å². The van der Waals surface area contributed by atoms with Crippen molar-refractivity contribution in [2.45, 2.75) is 26.3 Å². The van der Waals surface area contributed by atoms with Crippen LogP contribution in [-0.2, 0) is 6.54 Å². The van der Waals surface area contributed by atoms with Gasteiger partial charge in [0.25, 0.3) is 0 Å². The molecule has 146 valence electrons. The van der Waals surface area contributed by atoms with Gasteiger partial charge in [-0.3, -0.25) is 0 Å². The second kappa shape index (κ2) is 11.3. The van der Waals surface area contributed by atoms with Crippen LogP contribution < -0.4 is 15.5 Å². The molecule has 1 aromatic heterocycles. The number of halogens is 1. The molecule has 0 radical (unpaired) electrons. The minimum Gasteiger partial charge on any atom is -0.364 e. The minimum absolute atomic E-state index is 0. The van der Waals surface area contributed by atoms with E-state index in [1.807, 2.05) is 0 Å². The summed E-state index contributed by atoms with van der Waals surface area (Å²) in [5.74, 6) is 1.35. The Kier molecular flexibility index (Phi) is 9.14. The van der Waals surface area contributed by atoms with Crippen molar-refractivity contribution in [2.75, 3.05) is 31.1 Å². The van der Waals surface area contributed by atoms with Crippen molar-refractivity contribution in [1.82, 2.24) is 10.6 Å². The lowest BCUT2D eigenvalue weighted by Gasteiger charge is -2.18. The van der Waals surface area contributed by atoms with Crippen molar-refractivity contribution in [3.05, 3.63) is 64.4 Å². The van der Waals surface area contributed by atoms with Gasteiger partial charge in [0.05, 0.1) is 6.54 Å². The molecule has 1 aliphatic heterocycles. The van der Waals surface area contributed by atoms with Gasteiger partial charge >= 0.3 is 0 Å². The maximum absolute atomic E-state index is 4.74. The van der Waals surface area contributed by atoms with Crippen molar-refractivity contribution in [1.29, 1.82) is 0 Å². The Morgan fingerprint density at radius 1 is 1.15 bits per heavy atom. The largest absolute Gasteiger partial charge is 0.364 e. The highest BCUT2D eigenvalue weighted by molar-refractivity contribution is 14.0. The first-order valence-electron chi connectivity index (χ1n) is 9.29. The monoisotopic (exact) mass is 496 g/mol. The van der Waals surface area contributed by atoms with E-state index in [9.17, 15) is 0 Å². The number of guanidine groups is 1. The van der Waals surface area contributed by atoms with E-state index in [0.29, 0.717) is 12.5 Å². The molecule has 1 aliphatic rings. The average Bonchev–Trinajstić information content (AvgIpc) is 3.38. The molecule has 0 saturated carbocycles. The Balaban J connectivity index is 0.00000261. The lowest BCUT2D eigenvalue weighted by atomic mass is 10.1. The predicted octanol–water partition coefficient (Wildman–Crippen LogP) is 4.60. The fourth-order valence-electron chi connectivity index (χ4n) is 2.94. The number of hydrogen-bond donors (Lipinski definition) is 2. The molecule has 0 bridgehead atoms. The molecule has 2 N–H and O–H groups in total. The molecule has 27 heavy (non-hydrogen) atoms. The van der Waals surface area contributed by atoms with Gasteiger partial charge < -0.3 is 15.5 Å². The van der Waals surface area contributed by atoms with Crippen LogP contribution >= 0.6 is 35.3 Å². The quantitative estimate of drug-likeness (QED) is 0.255. The highest BCUT2D eigenvalue weighted by atomic mass is 127. The number of anilines is 1. The molecular weight excluding hydrogens is 467 g/mol. The van der Waals surface area contributed by atoms with E-state index in [1.54, 1.807) is 11.3 Å². The molecule has 1 aromatic carbocycles. The van der Waals surface area contributed by atoms with Crippen molar-refractivity contribution < 1.29 is 0 Å². The summed E-state index contributed by atoms with van der Waals surface area (Å²) in [4.78, 5) is 7.09. The number of rotatable bonds is 7. The zero-order valence-electron chi connectivity index (χ0n) is 16.0. The molecule has 0 fully saturated rings. The van der Waals surface area contributed by atoms with E-state index < -0.39 is 0 Å². The van der Waals surface area contributed by atoms with E-state index in [4.69, 9.17) is 4.99 Å². The van der Waals surface area contributed by atoms with Crippen molar-refractivity contribution in [3.63, 3.8) is 0 Å². The molecule has 3 rings (SSSR count). The summed E-state index contributed by atoms with van der Waals surface area (Å²) >= 11 is 1.75. The number of aliphatic imine (C=N–C) groups is 1. The van der Waals surface area contributed by atoms with Crippen LogP contribution in [0.3, 0.4) is 0 Å². The first-order valence-corrected chi connectivity index (χ1v) is 10.2. The summed E-state index contributed by atoms with van der Waals surface area (Å²) in [5, 5.41) is 11.1. The summed E-state index contributed by atoms with van der Waals surface area (Å²) in [5.41, 5.74) is 3.88. The van der Waals surface area contributed by atoms with E-state index >= 15 is 0 Å². The van der Waals surface area contributed by atoms with Crippen LogP contribution in [0.5, 0.6) is 0 Å². The molecule has 1 atom stereocenters. The smallest absolute Gasteiger partial charge is 0.191 e. The highest BCUT2D eigenvalue weighted by Crippen LogP contribution is 2.18. The predicted molar refractivity (Wildman–Crippen MR) is 129 cm³/mol. The number of benzene rings is 1. The first kappa shape index (κ1) is 21.8. The van der Waals surface area contributed by atoms with Crippen LogP contribution in [0.15, 0.2) is 58.2 Å². The average molecular weight is 496 g/mol. The Morgan fingerprint density at radius 2 is 1.89 bits per heavy atom. The van der Waals surface area contributed by atoms with Crippen LogP contribution in [0.25, 0.3) is 0 Å². The van der Waals surface area contributed by atoms with Gasteiger partial charge in [0.1, 0.15) is 0 Å². The van der Waals surface area contributed by atoms with Crippen LogP contribution in [0.1, 0.15) is 30.9 Å². The maximum Gasteiger partial charge on any atom is 0.191 e. The zero-order chi connectivity index (χ0) is 18.2. The molecule has 0 saturated heterocycles. The van der Waals surface area contributed by atoms with E-state index in [1.165, 1.54) is 16.8 Å². The van der Waals surface area contributed by atoms with Gasteiger partial charge in [0.15, 0.2) is 5.96 Å². The SMILES string of the molecule is CCNC(=NCc1ccc(N2CC=CC2)cc1)NCC(C)c1ccsc1.I. The van der Waals surface area contributed by atoms with Gasteiger partial charge in [-0.1, -0.05) is 31.2 Å². The fourth-order valence-corrected chi connectivity index (χ4v) is 3.72. The van der Waals surface area contributed by atoms with Crippen LogP contribution in [0.2, 0.25) is 0 Å². The topological polar surface area (TPSA) is 39.7 Å². The zero-order valence-corrected chi connectivity index (χ0v) is 19.2. The summed E-state index contributed by atoms with van der Waals surface area (Å²) in [7, 11) is 0. The Hall–Kier alpha value is -1.54. The maximum atomic E-state index is 4.74. The van der Waals surface area contributed by atoms with Gasteiger partial charge in [-0.2, -0.15) is 11.3 Å². The number of nitrogens with zero attached hydrogens (tertiary/aromatic N) is 2. The van der Waals surface area contributed by atoms with Gasteiger partial charge in [-0.05, 0) is 52.9 Å². The molecule has 2 aromatic rings. The Bertz CT molecular complexity index is 717. The van der Waals surface area contributed by atoms with Gasteiger partial charge in [-0.25, -0.2) is 4.99 Å². The summed E-state index contributed by atoms with van der Waals surface area (Å²) < 4.78 is 0. The molecule has 0 spiro atoms. The number of thiophene rings is 1. The Labute approximate surface area is 183 Å². The third kappa shape index (κ3) is 6.53. The summed E-state index contributed by atoms with van der Waals surface area (Å²) in [6, 6.07) is 10.9. The normalized spacial score (nSPS) is 14.7. The summed E-state index contributed by atoms with van der Waals surface area (Å²) in [6.07, 6.45) is 4.42. The minimum atomic E-state index is 0. The van der Waals surface area contributed by atoms with E-state index in [0.717, 1.165) is 32.1 Å². The molecular formula is C21H29IN4S. The standard InChI is InChI=1S/C21H28N4S.HI/c1-3-22-21(23-14-17(2)19-10-13-26-16-19)24-15-18-6-8-20(9-7-18)25-11-4-5-12-25;/h4-10,13,16-17H,3,11-12,14-15H2,1-2H3,(H2,22,23,24);1H. The van der Waals surface area contributed by atoms with Gasteiger partial charge in [0.2, 0.25) is 0 Å². The molecule has 4 nitrogen and oxygen atoms in total. The molecule has 0 amide bonds. The summed E-state index contributed by atoms with van der Waals surface area (Å²) in [6.45, 7) is 8.77. The van der Waals surface area contributed by atoms with Gasteiger partial charge in [-0.15, -0.1) is 24.0 Å². The second-order valence-corrected chi connectivity index (χ2v) is 7.36. The van der Waals surface area contributed by atoms with E-state index in [-0.39, 0.29) is 24.0 Å². The molecule has 6 heteroatoms. The first-order chi connectivity index (χ1) is 12.8. The lowest BCUT2D eigenvalue weighted by Crippen LogP contribution is -2.39. The van der Waals surface area contributed by atoms with Crippen LogP contribution in [0.4, 0.5) is 5.69 Å². The van der Waals surface area contributed by atoms with E-state index in [2.05, 4.69) is 82.6 Å². The lowest BCUT2D eigenvalue weighted by molar-refractivity contribution is 0.701. The Morgan fingerprint density at radius 3 is 2.52 bits per heavy atom. The van der Waals surface area contributed by atoms with Gasteiger partial charge in [0, 0.05) is 31.9 Å². The van der Waals surface area contributed by atoms with Crippen molar-refractivity contribution >= 4 is 47.0 Å².